The minimum absolute atomic E-state index is 0.177. The van der Waals surface area contributed by atoms with Crippen LogP contribution in [0.25, 0.3) is 0 Å². The van der Waals surface area contributed by atoms with Gasteiger partial charge in [-0.1, -0.05) is 13.0 Å². The average Bonchev–Trinajstić information content (AvgIpc) is 2.37. The first-order chi connectivity index (χ1) is 8.90. The molecular formula is C12H19FN2O2S2. The molecule has 1 atom stereocenters. The highest BCUT2D eigenvalue weighted by Gasteiger charge is 2.18. The van der Waals surface area contributed by atoms with E-state index < -0.39 is 15.8 Å². The third-order valence-corrected chi connectivity index (χ3v) is 5.30. The number of benzene rings is 1. The van der Waals surface area contributed by atoms with Gasteiger partial charge in [-0.3, -0.25) is 0 Å². The fourth-order valence-electron chi connectivity index (χ4n) is 1.48. The molecule has 0 saturated carbocycles. The SMILES string of the molecule is CSC(C)CCNS(=O)(=O)c1ccc(CN)cc1F. The van der Waals surface area contributed by atoms with Crippen LogP contribution in [0.1, 0.15) is 18.9 Å². The van der Waals surface area contributed by atoms with Gasteiger partial charge in [0.25, 0.3) is 0 Å². The van der Waals surface area contributed by atoms with E-state index >= 15 is 0 Å². The minimum Gasteiger partial charge on any atom is -0.326 e. The number of rotatable bonds is 7. The van der Waals surface area contributed by atoms with Gasteiger partial charge >= 0.3 is 0 Å². The molecule has 1 aromatic carbocycles. The molecule has 0 heterocycles. The number of hydrogen-bond acceptors (Lipinski definition) is 4. The monoisotopic (exact) mass is 306 g/mol. The second kappa shape index (κ2) is 7.23. The molecule has 0 amide bonds. The van der Waals surface area contributed by atoms with Crippen LogP contribution in [0.4, 0.5) is 4.39 Å². The van der Waals surface area contributed by atoms with E-state index in [2.05, 4.69) is 4.72 Å². The average molecular weight is 306 g/mol. The first-order valence-electron chi connectivity index (χ1n) is 5.91. The second-order valence-corrected chi connectivity index (χ2v) is 7.21. The van der Waals surface area contributed by atoms with Crippen LogP contribution in [0.3, 0.4) is 0 Å². The van der Waals surface area contributed by atoms with Crippen molar-refractivity contribution in [2.24, 2.45) is 5.73 Å². The standard InChI is InChI=1S/C12H19FN2O2S2/c1-9(18-2)5-6-15-19(16,17)12-4-3-10(8-14)7-11(12)13/h3-4,7,9,15H,5-6,8,14H2,1-2H3. The molecule has 0 spiro atoms. The highest BCUT2D eigenvalue weighted by molar-refractivity contribution is 7.99. The summed E-state index contributed by atoms with van der Waals surface area (Å²) in [6.07, 6.45) is 2.66. The molecule has 0 aliphatic rings. The Morgan fingerprint density at radius 3 is 2.68 bits per heavy atom. The van der Waals surface area contributed by atoms with Crippen molar-refractivity contribution in [1.29, 1.82) is 0 Å². The summed E-state index contributed by atoms with van der Waals surface area (Å²) in [7, 11) is -3.79. The highest BCUT2D eigenvalue weighted by atomic mass is 32.2. The number of hydrogen-bond donors (Lipinski definition) is 2. The molecule has 0 radical (unpaired) electrons. The molecule has 1 aromatic rings. The van der Waals surface area contributed by atoms with Gasteiger partial charge in [0.1, 0.15) is 10.7 Å². The fourth-order valence-corrected chi connectivity index (χ4v) is 2.94. The molecule has 0 bridgehead atoms. The van der Waals surface area contributed by atoms with Gasteiger partial charge in [0.15, 0.2) is 0 Å². The van der Waals surface area contributed by atoms with Gasteiger partial charge in [-0.05, 0) is 30.4 Å². The van der Waals surface area contributed by atoms with Crippen LogP contribution >= 0.6 is 11.8 Å². The predicted molar refractivity (Wildman–Crippen MR) is 77.1 cm³/mol. The van der Waals surface area contributed by atoms with Crippen molar-refractivity contribution in [2.75, 3.05) is 12.8 Å². The molecule has 4 nitrogen and oxygen atoms in total. The Hall–Kier alpha value is -0.630. The number of sulfonamides is 1. The Labute approximate surface area is 118 Å². The third kappa shape index (κ3) is 4.76. The van der Waals surface area contributed by atoms with Crippen LogP contribution in [0.15, 0.2) is 23.1 Å². The summed E-state index contributed by atoms with van der Waals surface area (Å²) >= 11 is 1.66. The summed E-state index contributed by atoms with van der Waals surface area (Å²) in [6, 6.07) is 3.92. The van der Waals surface area contributed by atoms with Crippen molar-refractivity contribution in [2.45, 2.75) is 30.0 Å². The van der Waals surface area contributed by atoms with Gasteiger partial charge in [0.2, 0.25) is 10.0 Å². The predicted octanol–water partition coefficient (Wildman–Crippen LogP) is 1.70. The zero-order valence-corrected chi connectivity index (χ0v) is 12.7. The van der Waals surface area contributed by atoms with Gasteiger partial charge in [0.05, 0.1) is 0 Å². The number of nitrogens with two attached hydrogens (primary N) is 1. The van der Waals surface area contributed by atoms with Gasteiger partial charge in [-0.15, -0.1) is 0 Å². The molecule has 0 aliphatic carbocycles. The van der Waals surface area contributed by atoms with E-state index in [1.165, 1.54) is 12.1 Å². The summed E-state index contributed by atoms with van der Waals surface area (Å²) in [5.74, 6) is -0.770. The van der Waals surface area contributed by atoms with E-state index in [0.717, 1.165) is 6.07 Å². The van der Waals surface area contributed by atoms with Crippen LogP contribution < -0.4 is 10.5 Å². The molecule has 1 unspecified atom stereocenters. The summed E-state index contributed by atoms with van der Waals surface area (Å²) in [5.41, 5.74) is 5.94. The quantitative estimate of drug-likeness (QED) is 0.804. The lowest BCUT2D eigenvalue weighted by molar-refractivity contribution is 0.554. The summed E-state index contributed by atoms with van der Waals surface area (Å²) in [5, 5.41) is 0.354. The number of thioether (sulfide) groups is 1. The van der Waals surface area contributed by atoms with E-state index in [-0.39, 0.29) is 11.4 Å². The minimum atomic E-state index is -3.79. The van der Waals surface area contributed by atoms with E-state index in [4.69, 9.17) is 5.73 Å². The van der Waals surface area contributed by atoms with Gasteiger partial charge in [-0.2, -0.15) is 11.8 Å². The lowest BCUT2D eigenvalue weighted by atomic mass is 10.2. The molecule has 0 aromatic heterocycles. The Balaban J connectivity index is 2.77. The number of nitrogens with one attached hydrogen (secondary N) is 1. The van der Waals surface area contributed by atoms with E-state index in [9.17, 15) is 12.8 Å². The summed E-state index contributed by atoms with van der Waals surface area (Å²) in [6.45, 7) is 2.48. The van der Waals surface area contributed by atoms with E-state index in [0.29, 0.717) is 23.8 Å². The Kier molecular flexibility index (Phi) is 6.25. The molecule has 0 saturated heterocycles. The maximum absolute atomic E-state index is 13.7. The second-order valence-electron chi connectivity index (χ2n) is 4.20. The molecule has 7 heteroatoms. The van der Waals surface area contributed by atoms with Crippen LogP contribution in [0.5, 0.6) is 0 Å². The molecule has 0 aliphatic heterocycles. The van der Waals surface area contributed by atoms with Gasteiger partial charge in [0, 0.05) is 18.3 Å². The number of halogens is 1. The third-order valence-electron chi connectivity index (χ3n) is 2.77. The first kappa shape index (κ1) is 16.4. The van der Waals surface area contributed by atoms with Crippen molar-refractivity contribution >= 4 is 21.8 Å². The van der Waals surface area contributed by atoms with Crippen LogP contribution in [-0.2, 0) is 16.6 Å². The molecule has 108 valence electrons. The topological polar surface area (TPSA) is 72.2 Å². The normalized spacial score (nSPS) is 13.5. The van der Waals surface area contributed by atoms with Crippen molar-refractivity contribution in [1.82, 2.24) is 4.72 Å². The largest absolute Gasteiger partial charge is 0.326 e. The van der Waals surface area contributed by atoms with Crippen molar-refractivity contribution in [3.05, 3.63) is 29.6 Å². The summed E-state index contributed by atoms with van der Waals surface area (Å²) in [4.78, 5) is -0.332. The zero-order valence-electron chi connectivity index (χ0n) is 11.0. The highest BCUT2D eigenvalue weighted by Crippen LogP contribution is 2.16. The summed E-state index contributed by atoms with van der Waals surface area (Å²) < 4.78 is 40.0. The zero-order chi connectivity index (χ0) is 14.5. The van der Waals surface area contributed by atoms with E-state index in [1.54, 1.807) is 11.8 Å². The first-order valence-corrected chi connectivity index (χ1v) is 8.68. The molecular weight excluding hydrogens is 287 g/mol. The Morgan fingerprint density at radius 2 is 2.16 bits per heavy atom. The van der Waals surface area contributed by atoms with E-state index in [1.807, 2.05) is 13.2 Å². The van der Waals surface area contributed by atoms with Crippen LogP contribution in [-0.4, -0.2) is 26.5 Å². The molecule has 3 N–H and O–H groups in total. The maximum atomic E-state index is 13.7. The molecule has 19 heavy (non-hydrogen) atoms. The Morgan fingerprint density at radius 1 is 1.47 bits per heavy atom. The Bertz CT molecular complexity index is 520. The van der Waals surface area contributed by atoms with Crippen molar-refractivity contribution in [3.8, 4) is 0 Å². The lowest BCUT2D eigenvalue weighted by Crippen LogP contribution is -2.27. The molecule has 1 rings (SSSR count). The van der Waals surface area contributed by atoms with Crippen molar-refractivity contribution in [3.63, 3.8) is 0 Å². The van der Waals surface area contributed by atoms with Crippen LogP contribution in [0.2, 0.25) is 0 Å². The smallest absolute Gasteiger partial charge is 0.243 e. The maximum Gasteiger partial charge on any atom is 0.243 e. The fraction of sp³-hybridized carbons (Fsp3) is 0.500. The van der Waals surface area contributed by atoms with Gasteiger partial charge in [-0.25, -0.2) is 17.5 Å². The van der Waals surface area contributed by atoms with Crippen LogP contribution in [0, 0.1) is 5.82 Å². The lowest BCUT2D eigenvalue weighted by Gasteiger charge is -2.11. The van der Waals surface area contributed by atoms with Crippen molar-refractivity contribution < 1.29 is 12.8 Å². The molecule has 0 fully saturated rings. The van der Waals surface area contributed by atoms with Gasteiger partial charge < -0.3 is 5.73 Å².